The maximum Gasteiger partial charge on any atom is 0.303 e. The van der Waals surface area contributed by atoms with Crippen molar-refractivity contribution in [3.63, 3.8) is 0 Å². The molecule has 274 valence electrons. The fourth-order valence-electron chi connectivity index (χ4n) is 13.2. The van der Waals surface area contributed by atoms with Crippen molar-refractivity contribution in [2.45, 2.75) is 155 Å². The number of aliphatic hydroxyl groups is 6. The van der Waals surface area contributed by atoms with Crippen molar-refractivity contribution >= 4 is 5.97 Å². The molecule has 5 aliphatic carbocycles. The van der Waals surface area contributed by atoms with Gasteiger partial charge in [-0.15, -0.1) is 0 Å². The first-order valence-electron chi connectivity index (χ1n) is 18.5. The van der Waals surface area contributed by atoms with E-state index in [-0.39, 0.29) is 52.3 Å². The largest absolute Gasteiger partial charge is 0.454 e. The second kappa shape index (κ2) is 12.5. The Hall–Kier alpha value is -1.11. The van der Waals surface area contributed by atoms with Gasteiger partial charge in [0.2, 0.25) is 0 Å². The van der Waals surface area contributed by atoms with Crippen LogP contribution in [0, 0.1) is 50.7 Å². The van der Waals surface area contributed by atoms with E-state index in [1.165, 1.54) is 6.92 Å². The second-order valence-electron chi connectivity index (χ2n) is 18.0. The predicted molar refractivity (Wildman–Crippen MR) is 177 cm³/mol. The number of esters is 1. The molecule has 6 fully saturated rings. The third-order valence-corrected chi connectivity index (χ3v) is 15.5. The van der Waals surface area contributed by atoms with Gasteiger partial charge in [0.15, 0.2) is 12.4 Å². The van der Waals surface area contributed by atoms with Crippen molar-refractivity contribution in [3.8, 4) is 0 Å². The van der Waals surface area contributed by atoms with Gasteiger partial charge in [0.05, 0.1) is 31.5 Å². The van der Waals surface area contributed by atoms with Gasteiger partial charge in [-0.25, -0.2) is 0 Å². The summed E-state index contributed by atoms with van der Waals surface area (Å²) >= 11 is 0. The minimum atomic E-state index is -1.48. The van der Waals surface area contributed by atoms with Gasteiger partial charge in [-0.3, -0.25) is 4.79 Å². The first kappa shape index (κ1) is 36.7. The van der Waals surface area contributed by atoms with E-state index in [9.17, 15) is 35.4 Å². The monoisotopic (exact) mass is 678 g/mol. The van der Waals surface area contributed by atoms with Gasteiger partial charge in [0, 0.05) is 6.92 Å². The molecule has 5 saturated carbocycles. The van der Waals surface area contributed by atoms with Crippen molar-refractivity contribution in [1.82, 2.24) is 0 Å². The predicted octanol–water partition coefficient (Wildman–Crippen LogP) is 3.48. The summed E-state index contributed by atoms with van der Waals surface area (Å²) in [6.07, 6.45) is 2.49. The van der Waals surface area contributed by atoms with Gasteiger partial charge in [0.1, 0.15) is 18.3 Å². The Bertz CT molecular complexity index is 1250. The summed E-state index contributed by atoms with van der Waals surface area (Å²) in [6, 6.07) is 0. The van der Waals surface area contributed by atoms with Crippen molar-refractivity contribution in [2.75, 3.05) is 13.2 Å². The highest BCUT2D eigenvalue weighted by Gasteiger charge is 2.84. The number of carbonyl (C=O) groups is 1. The lowest BCUT2D eigenvalue weighted by atomic mass is 9.41. The van der Waals surface area contributed by atoms with Crippen LogP contribution in [0.3, 0.4) is 0 Å². The molecule has 6 N–H and O–H groups in total. The van der Waals surface area contributed by atoms with Crippen LogP contribution in [0.4, 0.5) is 0 Å². The fourth-order valence-corrected chi connectivity index (χ4v) is 13.2. The molecule has 0 aromatic heterocycles. The van der Waals surface area contributed by atoms with E-state index in [0.29, 0.717) is 24.7 Å². The smallest absolute Gasteiger partial charge is 0.303 e. The van der Waals surface area contributed by atoms with Crippen molar-refractivity contribution < 1.29 is 49.6 Å². The Kier molecular flexibility index (Phi) is 9.58. The van der Waals surface area contributed by atoms with Crippen molar-refractivity contribution in [3.05, 3.63) is 11.6 Å². The normalized spacial score (nSPS) is 51.6. The Labute approximate surface area is 286 Å². The van der Waals surface area contributed by atoms with E-state index in [0.717, 1.165) is 50.5 Å². The summed E-state index contributed by atoms with van der Waals surface area (Å²) in [6.45, 7) is 14.1. The molecule has 10 heteroatoms. The van der Waals surface area contributed by atoms with Crippen molar-refractivity contribution in [2.24, 2.45) is 50.7 Å². The lowest BCUT2D eigenvalue weighted by Crippen LogP contribution is -2.64. The van der Waals surface area contributed by atoms with Gasteiger partial charge < -0.3 is 44.8 Å². The van der Waals surface area contributed by atoms with Crippen LogP contribution < -0.4 is 0 Å². The number of hydrogen-bond donors (Lipinski definition) is 6. The topological polar surface area (TPSA) is 166 Å². The van der Waals surface area contributed by atoms with Gasteiger partial charge >= 0.3 is 5.97 Å². The molecule has 48 heavy (non-hydrogen) atoms. The van der Waals surface area contributed by atoms with Crippen LogP contribution in [0.1, 0.15) is 106 Å². The fraction of sp³-hybridized carbons (Fsp3) is 0.921. The molecule has 1 saturated heterocycles. The summed E-state index contributed by atoms with van der Waals surface area (Å²) in [7, 11) is 0. The number of aliphatic hydroxyl groups excluding tert-OH is 6. The maximum atomic E-state index is 12.2. The number of rotatable bonds is 9. The zero-order valence-corrected chi connectivity index (χ0v) is 30.1. The van der Waals surface area contributed by atoms with Crippen LogP contribution in [0.5, 0.6) is 0 Å². The third-order valence-electron chi connectivity index (χ3n) is 15.5. The van der Waals surface area contributed by atoms with Crippen LogP contribution in [0.15, 0.2) is 11.6 Å². The van der Waals surface area contributed by atoms with Gasteiger partial charge in [-0.05, 0) is 115 Å². The molecule has 2 spiro atoms. The average Bonchev–Trinajstić information content (AvgIpc) is 3.60. The van der Waals surface area contributed by atoms with Gasteiger partial charge in [-0.1, -0.05) is 46.3 Å². The van der Waals surface area contributed by atoms with E-state index in [4.69, 9.17) is 14.2 Å². The first-order chi connectivity index (χ1) is 22.4. The highest BCUT2D eigenvalue weighted by molar-refractivity contribution is 5.66. The number of ether oxygens (including phenoxy) is 3. The average molecular weight is 679 g/mol. The molecule has 0 aromatic carbocycles. The molecule has 0 amide bonds. The Balaban J connectivity index is 1.23. The number of hydrogen-bond acceptors (Lipinski definition) is 10. The van der Waals surface area contributed by atoms with E-state index >= 15 is 0 Å². The summed E-state index contributed by atoms with van der Waals surface area (Å²) in [5.41, 5.74) is 0.435. The number of allylic oxidation sites excluding steroid dienone is 1. The van der Waals surface area contributed by atoms with Crippen molar-refractivity contribution in [1.29, 1.82) is 0 Å². The highest BCUT2D eigenvalue weighted by Crippen LogP contribution is 2.89. The molecule has 0 unspecified atom stereocenters. The lowest BCUT2D eigenvalue weighted by molar-refractivity contribution is -0.330. The summed E-state index contributed by atoms with van der Waals surface area (Å²) in [4.78, 5) is 11.9. The molecule has 6 rings (SSSR count). The third kappa shape index (κ3) is 5.21. The van der Waals surface area contributed by atoms with E-state index in [1.807, 2.05) is 6.92 Å². The first-order valence-corrected chi connectivity index (χ1v) is 18.5. The molecular weight excluding hydrogens is 616 g/mol. The summed E-state index contributed by atoms with van der Waals surface area (Å²) in [5.74, 6) is 0.165. The lowest BCUT2D eigenvalue weighted by Gasteiger charge is -2.64. The second-order valence-corrected chi connectivity index (χ2v) is 18.0. The standard InChI is InChI=1S/C38H62O10/c1-20(17-39)9-8-10-21(2)28-24(43)16-36(7)26-15-23(42)32-34(4,5)27(11-12-38(32)19-37(26,38)14-13-35(28,36)6)48-33-31(46-22(3)41)30(45)29(44)25(18-40)47-33/h9,21,23-33,39-40,42-45H,8,10-19H2,1-7H3/b20-9+/t21-,23+,24+,25-,26+,27+,28+,29-,30+,31-,32-,33+,35-,36+,37+,38-/m1/s1. The SMILES string of the molecule is CC(=O)O[C@H]1[C@H](O[C@H]2CC[C@]34C[C@]35CC[C@]3(C)[C@@H]([C@H](C)CC/C=C(\C)CO)[C@@H](O)C[C@@]3(C)[C@@H]5C[C@H](O)[C@@H]4C2(C)C)O[C@H](CO)[C@@H](O)[C@@H]1O. The minimum absolute atomic E-state index is 0.0314. The van der Waals surface area contributed by atoms with E-state index in [2.05, 4.69) is 40.7 Å². The molecule has 0 radical (unpaired) electrons. The zero-order valence-electron chi connectivity index (χ0n) is 30.1. The maximum absolute atomic E-state index is 12.2. The highest BCUT2D eigenvalue weighted by atomic mass is 16.7. The molecule has 10 nitrogen and oxygen atoms in total. The number of carbonyl (C=O) groups excluding carboxylic acids is 1. The quantitative estimate of drug-likeness (QED) is 0.121. The Morgan fingerprint density at radius 3 is 2.31 bits per heavy atom. The molecule has 1 heterocycles. The molecule has 0 aromatic rings. The number of fused-ring (bicyclic) bond motifs is 2. The van der Waals surface area contributed by atoms with Gasteiger partial charge in [-0.2, -0.15) is 0 Å². The zero-order chi connectivity index (χ0) is 35.2. The van der Waals surface area contributed by atoms with Gasteiger partial charge in [0.25, 0.3) is 0 Å². The van der Waals surface area contributed by atoms with Crippen LogP contribution in [0.2, 0.25) is 0 Å². The van der Waals surface area contributed by atoms with E-state index < -0.39 is 54.8 Å². The molecule has 16 atom stereocenters. The summed E-state index contributed by atoms with van der Waals surface area (Å²) < 4.78 is 17.9. The molecule has 1 aliphatic heterocycles. The molecule has 6 aliphatic rings. The van der Waals surface area contributed by atoms with Crippen LogP contribution in [-0.4, -0.2) is 98.8 Å². The molecule has 0 bridgehead atoms. The van der Waals surface area contributed by atoms with E-state index in [1.54, 1.807) is 0 Å². The molecular formula is C38H62O10. The summed E-state index contributed by atoms with van der Waals surface area (Å²) in [5, 5.41) is 64.5. The minimum Gasteiger partial charge on any atom is -0.454 e. The Morgan fingerprint density at radius 2 is 1.67 bits per heavy atom. The van der Waals surface area contributed by atoms with Crippen LogP contribution in [0.25, 0.3) is 0 Å². The van der Waals surface area contributed by atoms with Crippen LogP contribution in [-0.2, 0) is 19.0 Å². The Morgan fingerprint density at radius 1 is 0.958 bits per heavy atom. The van der Waals surface area contributed by atoms with Crippen LogP contribution >= 0.6 is 0 Å².